The Labute approximate surface area is 60.3 Å². The van der Waals surface area contributed by atoms with E-state index in [0.29, 0.717) is 0 Å². The smallest absolute Gasteiger partial charge is 0.113 e. The SMILES string of the molecule is CN(C)C(C=S)C(=N)N. The average molecular weight is 145 g/mol. The van der Waals surface area contributed by atoms with Gasteiger partial charge < -0.3 is 5.73 Å². The molecule has 0 saturated heterocycles. The Kier molecular flexibility index (Phi) is 3.34. The predicted octanol–water partition coefficient (Wildman–Crippen LogP) is -0.148. The van der Waals surface area contributed by atoms with Crippen molar-refractivity contribution in [2.24, 2.45) is 5.73 Å². The van der Waals surface area contributed by atoms with Gasteiger partial charge in [0, 0.05) is 5.37 Å². The number of amidine groups is 1. The average Bonchev–Trinajstić information content (AvgIpc) is 1.64. The molecule has 0 rings (SSSR count). The molecule has 0 heterocycles. The maximum atomic E-state index is 7.02. The molecule has 52 valence electrons. The summed E-state index contributed by atoms with van der Waals surface area (Å²) in [6.45, 7) is 0. The van der Waals surface area contributed by atoms with Crippen LogP contribution in [0, 0.1) is 5.41 Å². The van der Waals surface area contributed by atoms with Crippen LogP contribution in [0.4, 0.5) is 0 Å². The van der Waals surface area contributed by atoms with E-state index in [-0.39, 0.29) is 11.9 Å². The fourth-order valence-electron chi connectivity index (χ4n) is 0.473. The quantitative estimate of drug-likeness (QED) is 0.330. The van der Waals surface area contributed by atoms with Gasteiger partial charge in [-0.1, -0.05) is 12.2 Å². The van der Waals surface area contributed by atoms with Gasteiger partial charge in [0.25, 0.3) is 0 Å². The molecule has 1 unspecified atom stereocenters. The zero-order chi connectivity index (χ0) is 7.44. The van der Waals surface area contributed by atoms with Gasteiger partial charge in [0.2, 0.25) is 0 Å². The van der Waals surface area contributed by atoms with Crippen LogP contribution in [0.5, 0.6) is 0 Å². The Hall–Kier alpha value is -0.480. The number of thiocarbonyl (C=S) groups is 1. The lowest BCUT2D eigenvalue weighted by Crippen LogP contribution is -2.40. The molecule has 3 N–H and O–H groups in total. The van der Waals surface area contributed by atoms with E-state index in [0.717, 1.165) is 0 Å². The maximum Gasteiger partial charge on any atom is 0.113 e. The second-order valence-electron chi connectivity index (χ2n) is 2.00. The van der Waals surface area contributed by atoms with Crippen LogP contribution in [0.2, 0.25) is 0 Å². The van der Waals surface area contributed by atoms with Crippen LogP contribution in [0.25, 0.3) is 0 Å². The number of nitrogens with one attached hydrogen (secondary N) is 1. The van der Waals surface area contributed by atoms with Crippen LogP contribution in [0.3, 0.4) is 0 Å². The first kappa shape index (κ1) is 8.52. The molecule has 0 radical (unpaired) electrons. The van der Waals surface area contributed by atoms with Gasteiger partial charge in [-0.2, -0.15) is 0 Å². The molecule has 1 atom stereocenters. The predicted molar refractivity (Wildman–Crippen MR) is 43.0 cm³/mol. The highest BCUT2D eigenvalue weighted by Crippen LogP contribution is 1.87. The normalized spacial score (nSPS) is 13.2. The molecule has 0 aromatic heterocycles. The first-order valence-corrected chi connectivity index (χ1v) is 3.02. The number of hydrogen-bond donors (Lipinski definition) is 2. The van der Waals surface area contributed by atoms with Crippen molar-refractivity contribution >= 4 is 23.4 Å². The van der Waals surface area contributed by atoms with Crippen molar-refractivity contribution in [2.75, 3.05) is 14.1 Å². The van der Waals surface area contributed by atoms with Gasteiger partial charge in [-0.3, -0.25) is 10.3 Å². The third-order valence-electron chi connectivity index (χ3n) is 1.00. The highest BCUT2D eigenvalue weighted by Gasteiger charge is 2.08. The van der Waals surface area contributed by atoms with Gasteiger partial charge in [0.15, 0.2) is 0 Å². The monoisotopic (exact) mass is 145 g/mol. The van der Waals surface area contributed by atoms with Gasteiger partial charge >= 0.3 is 0 Å². The summed E-state index contributed by atoms with van der Waals surface area (Å²) in [7, 11) is 3.66. The summed E-state index contributed by atoms with van der Waals surface area (Å²) >= 11 is 4.64. The Morgan fingerprint density at radius 2 is 2.22 bits per heavy atom. The van der Waals surface area contributed by atoms with E-state index >= 15 is 0 Å². The van der Waals surface area contributed by atoms with E-state index in [2.05, 4.69) is 12.2 Å². The van der Waals surface area contributed by atoms with Crippen LogP contribution in [-0.2, 0) is 0 Å². The van der Waals surface area contributed by atoms with Crippen LogP contribution < -0.4 is 5.73 Å². The van der Waals surface area contributed by atoms with E-state index in [9.17, 15) is 0 Å². The van der Waals surface area contributed by atoms with Crippen molar-refractivity contribution in [3.63, 3.8) is 0 Å². The Morgan fingerprint density at radius 3 is 2.22 bits per heavy atom. The van der Waals surface area contributed by atoms with E-state index in [4.69, 9.17) is 11.1 Å². The van der Waals surface area contributed by atoms with Crippen LogP contribution in [0.15, 0.2) is 0 Å². The maximum absolute atomic E-state index is 7.02. The first-order valence-electron chi connectivity index (χ1n) is 2.55. The highest BCUT2D eigenvalue weighted by molar-refractivity contribution is 7.79. The minimum atomic E-state index is -0.194. The number of hydrogen-bond acceptors (Lipinski definition) is 3. The van der Waals surface area contributed by atoms with Gasteiger partial charge in [0.05, 0.1) is 6.04 Å². The van der Waals surface area contributed by atoms with Crippen molar-refractivity contribution in [1.29, 1.82) is 5.41 Å². The second kappa shape index (κ2) is 3.53. The van der Waals surface area contributed by atoms with Gasteiger partial charge in [-0.25, -0.2) is 0 Å². The fraction of sp³-hybridized carbons (Fsp3) is 0.600. The first-order chi connectivity index (χ1) is 4.09. The fourth-order valence-corrected chi connectivity index (χ4v) is 0.863. The van der Waals surface area contributed by atoms with Gasteiger partial charge in [0.1, 0.15) is 5.84 Å². The molecule has 0 saturated carbocycles. The second-order valence-corrected chi connectivity index (χ2v) is 2.27. The topological polar surface area (TPSA) is 53.1 Å². The summed E-state index contributed by atoms with van der Waals surface area (Å²) in [5.41, 5.74) is 5.19. The molecular formula is C5H11N3S. The standard InChI is InChI=1S/C5H11N3S/c1-8(2)4(3-9)5(6)7/h3-4H,1-2H3,(H3,6,7). The highest BCUT2D eigenvalue weighted by atomic mass is 32.1. The third kappa shape index (κ3) is 2.53. The molecule has 0 aliphatic rings. The lowest BCUT2D eigenvalue weighted by Gasteiger charge is -2.17. The van der Waals surface area contributed by atoms with E-state index in [1.54, 1.807) is 4.90 Å². The molecular weight excluding hydrogens is 134 g/mol. The molecule has 0 aromatic carbocycles. The zero-order valence-corrected chi connectivity index (χ0v) is 6.40. The number of nitrogens with zero attached hydrogens (tertiary/aromatic N) is 1. The molecule has 0 aliphatic carbocycles. The molecule has 9 heavy (non-hydrogen) atoms. The lowest BCUT2D eigenvalue weighted by molar-refractivity contribution is 0.428. The van der Waals surface area contributed by atoms with Crippen molar-refractivity contribution in [1.82, 2.24) is 4.90 Å². The van der Waals surface area contributed by atoms with E-state index < -0.39 is 0 Å². The molecule has 0 aromatic rings. The van der Waals surface area contributed by atoms with Crippen molar-refractivity contribution < 1.29 is 0 Å². The molecule has 3 nitrogen and oxygen atoms in total. The van der Waals surface area contributed by atoms with Crippen LogP contribution in [0.1, 0.15) is 0 Å². The Balaban J connectivity index is 3.98. The minimum absolute atomic E-state index is 0.0926. The van der Waals surface area contributed by atoms with Crippen molar-refractivity contribution in [3.05, 3.63) is 0 Å². The van der Waals surface area contributed by atoms with E-state index in [1.165, 1.54) is 5.37 Å². The van der Waals surface area contributed by atoms with Gasteiger partial charge in [-0.15, -0.1) is 0 Å². The summed E-state index contributed by atoms with van der Waals surface area (Å²) in [5, 5.41) is 8.49. The molecule has 0 spiro atoms. The lowest BCUT2D eigenvalue weighted by atomic mass is 10.3. The molecule has 0 fully saturated rings. The Morgan fingerprint density at radius 1 is 1.78 bits per heavy atom. The zero-order valence-electron chi connectivity index (χ0n) is 5.59. The van der Waals surface area contributed by atoms with E-state index in [1.807, 2.05) is 14.1 Å². The molecule has 4 heteroatoms. The van der Waals surface area contributed by atoms with Crippen LogP contribution in [-0.4, -0.2) is 36.2 Å². The van der Waals surface area contributed by atoms with Gasteiger partial charge in [-0.05, 0) is 14.1 Å². The van der Waals surface area contributed by atoms with Crippen molar-refractivity contribution in [3.8, 4) is 0 Å². The number of nitrogens with two attached hydrogens (primary N) is 1. The number of likely N-dealkylation sites (N-methyl/N-ethyl adjacent to an activating group) is 1. The summed E-state index contributed by atoms with van der Waals surface area (Å²) in [5.74, 6) is 0.0926. The summed E-state index contributed by atoms with van der Waals surface area (Å²) in [6, 6.07) is -0.194. The molecule has 0 bridgehead atoms. The third-order valence-corrected chi connectivity index (χ3v) is 1.26. The van der Waals surface area contributed by atoms with Crippen molar-refractivity contribution in [2.45, 2.75) is 6.04 Å². The largest absolute Gasteiger partial charge is 0.386 e. The Bertz CT molecular complexity index is 121. The minimum Gasteiger partial charge on any atom is -0.386 e. The number of rotatable bonds is 3. The summed E-state index contributed by atoms with van der Waals surface area (Å²) in [4.78, 5) is 1.79. The van der Waals surface area contributed by atoms with Crippen LogP contribution >= 0.6 is 12.2 Å². The summed E-state index contributed by atoms with van der Waals surface area (Å²) < 4.78 is 0. The summed E-state index contributed by atoms with van der Waals surface area (Å²) in [6.07, 6.45) is 0. The molecule has 0 amide bonds. The molecule has 0 aliphatic heterocycles.